The number of hydrogen-bond donors (Lipinski definition) is 2. The molecule has 0 aliphatic heterocycles. The van der Waals surface area contributed by atoms with E-state index >= 15 is 0 Å². The second-order valence-electron chi connectivity index (χ2n) is 4.91. The molecule has 0 fully saturated rings. The Balaban J connectivity index is 2.17. The molecule has 0 radical (unpaired) electrons. The molecule has 0 unspecified atom stereocenters. The maximum atomic E-state index is 5.45. The molecule has 0 aliphatic carbocycles. The Bertz CT molecular complexity index is 702. The Morgan fingerprint density at radius 2 is 1.45 bits per heavy atom. The summed E-state index contributed by atoms with van der Waals surface area (Å²) in [5.41, 5.74) is 3.31. The van der Waals surface area contributed by atoms with Gasteiger partial charge in [-0.25, -0.2) is 0 Å². The van der Waals surface area contributed by atoms with E-state index in [-0.39, 0.29) is 5.92 Å². The van der Waals surface area contributed by atoms with Crippen molar-refractivity contribution in [1.29, 1.82) is 0 Å². The number of hydrogen-bond acceptors (Lipinski definition) is 2. The minimum Gasteiger partial charge on any atom is -0.493 e. The number of methoxy groups -OCH3 is 2. The molecular formula is C17H17BrN2O2. The van der Waals surface area contributed by atoms with Crippen LogP contribution in [0.15, 0.2) is 53.3 Å². The van der Waals surface area contributed by atoms with Gasteiger partial charge in [0.05, 0.1) is 20.1 Å². The summed E-state index contributed by atoms with van der Waals surface area (Å²) in [5.74, 6) is 1.47. The molecule has 5 heteroatoms. The second-order valence-corrected chi connectivity index (χ2v) is 5.77. The van der Waals surface area contributed by atoms with Crippen molar-refractivity contribution in [3.05, 3.63) is 70.2 Å². The highest BCUT2D eigenvalue weighted by atomic mass is 79.9. The van der Waals surface area contributed by atoms with Crippen molar-refractivity contribution in [2.45, 2.75) is 5.92 Å². The first-order valence-electron chi connectivity index (χ1n) is 6.92. The first-order chi connectivity index (χ1) is 10.7. The van der Waals surface area contributed by atoms with Gasteiger partial charge < -0.3 is 19.4 Å². The van der Waals surface area contributed by atoms with E-state index in [4.69, 9.17) is 9.47 Å². The molecule has 2 heterocycles. The topological polar surface area (TPSA) is 50.0 Å². The third-order valence-corrected chi connectivity index (χ3v) is 4.37. The first-order valence-corrected chi connectivity index (χ1v) is 7.72. The second kappa shape index (κ2) is 6.32. The van der Waals surface area contributed by atoms with E-state index in [1.165, 1.54) is 0 Å². The van der Waals surface area contributed by atoms with Crippen LogP contribution in [0.1, 0.15) is 22.9 Å². The van der Waals surface area contributed by atoms with Gasteiger partial charge in [-0.15, -0.1) is 0 Å². The summed E-state index contributed by atoms with van der Waals surface area (Å²) in [6.07, 6.45) is 3.86. The van der Waals surface area contributed by atoms with Gasteiger partial charge in [-0.3, -0.25) is 0 Å². The molecule has 3 rings (SSSR count). The van der Waals surface area contributed by atoms with E-state index in [2.05, 4.69) is 38.0 Å². The van der Waals surface area contributed by atoms with Gasteiger partial charge in [0, 0.05) is 28.3 Å². The lowest BCUT2D eigenvalue weighted by Gasteiger charge is -2.19. The van der Waals surface area contributed by atoms with Crippen molar-refractivity contribution in [2.24, 2.45) is 0 Å². The zero-order valence-corrected chi connectivity index (χ0v) is 14.0. The lowest BCUT2D eigenvalue weighted by molar-refractivity contribution is 0.354. The number of ether oxygens (including phenoxy) is 2. The fraction of sp³-hybridized carbons (Fsp3) is 0.176. The Kier molecular flexibility index (Phi) is 4.24. The van der Waals surface area contributed by atoms with Crippen molar-refractivity contribution >= 4 is 15.9 Å². The zero-order chi connectivity index (χ0) is 15.5. The van der Waals surface area contributed by atoms with Crippen molar-refractivity contribution in [1.82, 2.24) is 9.97 Å². The van der Waals surface area contributed by atoms with Gasteiger partial charge in [0.1, 0.15) is 0 Å². The van der Waals surface area contributed by atoms with Crippen LogP contribution in [0.4, 0.5) is 0 Å². The molecule has 4 nitrogen and oxygen atoms in total. The molecule has 2 N–H and O–H groups in total. The van der Waals surface area contributed by atoms with Gasteiger partial charge >= 0.3 is 0 Å². The molecule has 0 bridgehead atoms. The molecule has 2 aromatic heterocycles. The molecule has 0 saturated carbocycles. The van der Waals surface area contributed by atoms with Gasteiger partial charge in [0.2, 0.25) is 0 Å². The largest absolute Gasteiger partial charge is 0.493 e. The molecule has 0 amide bonds. The normalized spacial score (nSPS) is 10.9. The van der Waals surface area contributed by atoms with Crippen LogP contribution in [0.3, 0.4) is 0 Å². The Morgan fingerprint density at radius 1 is 0.909 bits per heavy atom. The quantitative estimate of drug-likeness (QED) is 0.712. The van der Waals surface area contributed by atoms with Crippen molar-refractivity contribution < 1.29 is 9.47 Å². The molecule has 3 aromatic rings. The van der Waals surface area contributed by atoms with E-state index in [0.29, 0.717) is 11.5 Å². The molecule has 0 atom stereocenters. The number of benzene rings is 1. The summed E-state index contributed by atoms with van der Waals surface area (Å²) in [6, 6.07) is 12.1. The number of aromatic nitrogens is 2. The van der Waals surface area contributed by atoms with Crippen molar-refractivity contribution in [3.8, 4) is 11.5 Å². The SMILES string of the molecule is COc1cc(Br)c(C(c2ccc[nH]2)c2ccc[nH]2)cc1OC. The van der Waals surface area contributed by atoms with E-state index < -0.39 is 0 Å². The van der Waals surface area contributed by atoms with Gasteiger partial charge in [-0.2, -0.15) is 0 Å². The van der Waals surface area contributed by atoms with E-state index in [9.17, 15) is 0 Å². The summed E-state index contributed by atoms with van der Waals surface area (Å²) >= 11 is 3.66. The van der Waals surface area contributed by atoms with Crippen LogP contribution in [0.5, 0.6) is 11.5 Å². The molecule has 0 saturated heterocycles. The maximum absolute atomic E-state index is 5.45. The molecule has 1 aromatic carbocycles. The number of nitrogens with one attached hydrogen (secondary N) is 2. The molecule has 114 valence electrons. The van der Waals surface area contributed by atoms with Crippen LogP contribution in [-0.4, -0.2) is 24.2 Å². The van der Waals surface area contributed by atoms with Gasteiger partial charge in [0.15, 0.2) is 11.5 Å². The van der Waals surface area contributed by atoms with Crippen LogP contribution < -0.4 is 9.47 Å². The van der Waals surface area contributed by atoms with Gasteiger partial charge in [-0.1, -0.05) is 15.9 Å². The Hall–Kier alpha value is -2.14. The summed E-state index contributed by atoms with van der Waals surface area (Å²) in [4.78, 5) is 6.61. The molecule has 0 aliphatic rings. The average molecular weight is 361 g/mol. The monoisotopic (exact) mass is 360 g/mol. The first kappa shape index (κ1) is 14.8. The van der Waals surface area contributed by atoms with Crippen LogP contribution in [-0.2, 0) is 0 Å². The Labute approximate surface area is 137 Å². The van der Waals surface area contributed by atoms with Crippen molar-refractivity contribution in [2.75, 3.05) is 14.2 Å². The standard InChI is InChI=1S/C17H17BrN2O2/c1-21-15-9-11(12(18)10-16(15)22-2)17(13-5-3-7-19-13)14-6-4-8-20-14/h3-10,17,19-20H,1-2H3. The summed E-state index contributed by atoms with van der Waals surface area (Å²) in [6.45, 7) is 0. The van der Waals surface area contributed by atoms with Crippen molar-refractivity contribution in [3.63, 3.8) is 0 Å². The minimum absolute atomic E-state index is 0.0548. The molecule has 0 spiro atoms. The zero-order valence-electron chi connectivity index (χ0n) is 12.4. The van der Waals surface area contributed by atoms with Gasteiger partial charge in [-0.05, 0) is 42.0 Å². The fourth-order valence-electron chi connectivity index (χ4n) is 2.64. The highest BCUT2D eigenvalue weighted by Gasteiger charge is 2.23. The van der Waals surface area contributed by atoms with Crippen LogP contribution in [0.25, 0.3) is 0 Å². The molecule has 22 heavy (non-hydrogen) atoms. The third kappa shape index (κ3) is 2.64. The highest BCUT2D eigenvalue weighted by molar-refractivity contribution is 9.10. The highest BCUT2D eigenvalue weighted by Crippen LogP contribution is 2.40. The maximum Gasteiger partial charge on any atom is 0.161 e. The van der Waals surface area contributed by atoms with E-state index in [1.807, 2.05) is 36.7 Å². The van der Waals surface area contributed by atoms with E-state index in [0.717, 1.165) is 21.4 Å². The lowest BCUT2D eigenvalue weighted by atomic mass is 9.92. The van der Waals surface area contributed by atoms with E-state index in [1.54, 1.807) is 14.2 Å². The number of rotatable bonds is 5. The van der Waals surface area contributed by atoms with Crippen LogP contribution >= 0.6 is 15.9 Å². The van der Waals surface area contributed by atoms with Crippen LogP contribution in [0, 0.1) is 0 Å². The fourth-order valence-corrected chi connectivity index (χ4v) is 3.19. The summed E-state index contributed by atoms with van der Waals surface area (Å²) < 4.78 is 11.8. The predicted octanol–water partition coefficient (Wildman–Crippen LogP) is 4.30. The number of aromatic amines is 2. The average Bonchev–Trinajstić information content (AvgIpc) is 3.22. The van der Waals surface area contributed by atoms with Crippen LogP contribution in [0.2, 0.25) is 0 Å². The predicted molar refractivity (Wildman–Crippen MR) is 89.8 cm³/mol. The minimum atomic E-state index is 0.0548. The molecular weight excluding hydrogens is 344 g/mol. The smallest absolute Gasteiger partial charge is 0.161 e. The summed E-state index contributed by atoms with van der Waals surface area (Å²) in [7, 11) is 3.28. The lowest BCUT2D eigenvalue weighted by Crippen LogP contribution is -2.06. The Morgan fingerprint density at radius 3 is 1.91 bits per heavy atom. The number of halogens is 1. The summed E-state index contributed by atoms with van der Waals surface area (Å²) in [5, 5.41) is 0. The number of H-pyrrole nitrogens is 2. The third-order valence-electron chi connectivity index (χ3n) is 3.68. The van der Waals surface area contributed by atoms with Gasteiger partial charge in [0.25, 0.3) is 0 Å².